The third-order valence-corrected chi connectivity index (χ3v) is 4.04. The lowest BCUT2D eigenvalue weighted by atomic mass is 9.92. The first-order chi connectivity index (χ1) is 11.5. The molecule has 1 fully saturated rings. The van der Waals surface area contributed by atoms with E-state index in [1.165, 1.54) is 18.2 Å². The van der Waals surface area contributed by atoms with E-state index in [1.807, 2.05) is 0 Å². The topological polar surface area (TPSA) is 61.6 Å². The molecule has 0 saturated heterocycles. The molecular weight excluding hydrogens is 316 g/mol. The highest BCUT2D eigenvalue weighted by atomic mass is 19.1. The van der Waals surface area contributed by atoms with E-state index in [0.717, 1.165) is 5.56 Å². The van der Waals surface area contributed by atoms with E-state index in [1.54, 1.807) is 24.3 Å². The summed E-state index contributed by atoms with van der Waals surface area (Å²) in [4.78, 5) is 10.6. The van der Waals surface area contributed by atoms with E-state index in [4.69, 9.17) is 15.2 Å². The number of hydrogen-bond donors (Lipinski definition) is 1. The highest BCUT2D eigenvalue weighted by molar-refractivity contribution is 5.65. The number of primary amides is 1. The van der Waals surface area contributed by atoms with Gasteiger partial charge in [0.1, 0.15) is 17.7 Å². The van der Waals surface area contributed by atoms with Crippen LogP contribution in [0.3, 0.4) is 0 Å². The van der Waals surface area contributed by atoms with Crippen molar-refractivity contribution in [3.05, 3.63) is 59.7 Å². The first kappa shape index (κ1) is 16.4. The summed E-state index contributed by atoms with van der Waals surface area (Å²) in [6, 6.07) is 10.7. The maximum absolute atomic E-state index is 14.2. The summed E-state index contributed by atoms with van der Waals surface area (Å²) < 4.78 is 37.5. The predicted octanol–water partition coefficient (Wildman–Crippen LogP) is 3.77. The SMILES string of the molecule is NC(=O)OC1CC(OCc2ccc(-c3ccc(F)cc3)cc2F)C1. The fourth-order valence-electron chi connectivity index (χ4n) is 2.61. The molecule has 0 radical (unpaired) electrons. The minimum absolute atomic E-state index is 0.0643. The second-order valence-electron chi connectivity index (χ2n) is 5.78. The highest BCUT2D eigenvalue weighted by Crippen LogP contribution is 2.28. The molecule has 0 heterocycles. The minimum atomic E-state index is -0.791. The van der Waals surface area contributed by atoms with Crippen LogP contribution in [0.2, 0.25) is 0 Å². The first-order valence-electron chi connectivity index (χ1n) is 7.63. The Morgan fingerprint density at radius 3 is 2.33 bits per heavy atom. The quantitative estimate of drug-likeness (QED) is 0.906. The molecule has 24 heavy (non-hydrogen) atoms. The van der Waals surface area contributed by atoms with Crippen molar-refractivity contribution < 1.29 is 23.0 Å². The molecule has 0 aliphatic heterocycles. The average molecular weight is 333 g/mol. The van der Waals surface area contributed by atoms with Gasteiger partial charge in [0.15, 0.2) is 0 Å². The third kappa shape index (κ3) is 3.89. The molecule has 0 unspecified atom stereocenters. The first-order valence-corrected chi connectivity index (χ1v) is 7.63. The number of rotatable bonds is 5. The summed E-state index contributed by atoms with van der Waals surface area (Å²) in [7, 11) is 0. The van der Waals surface area contributed by atoms with Gasteiger partial charge in [0.25, 0.3) is 0 Å². The van der Waals surface area contributed by atoms with Crippen LogP contribution in [0.25, 0.3) is 11.1 Å². The maximum atomic E-state index is 14.2. The van der Waals surface area contributed by atoms with Crippen LogP contribution in [0.15, 0.2) is 42.5 Å². The van der Waals surface area contributed by atoms with Crippen LogP contribution < -0.4 is 5.73 Å². The van der Waals surface area contributed by atoms with Gasteiger partial charge in [0.2, 0.25) is 0 Å². The summed E-state index contributed by atoms with van der Waals surface area (Å²) in [6.07, 6.45) is 0.0702. The molecule has 126 valence electrons. The van der Waals surface area contributed by atoms with E-state index >= 15 is 0 Å². The third-order valence-electron chi connectivity index (χ3n) is 4.04. The van der Waals surface area contributed by atoms with Gasteiger partial charge in [-0.3, -0.25) is 0 Å². The van der Waals surface area contributed by atoms with E-state index in [0.29, 0.717) is 24.0 Å². The summed E-state index contributed by atoms with van der Waals surface area (Å²) in [5.41, 5.74) is 6.80. The van der Waals surface area contributed by atoms with Crippen molar-refractivity contribution in [2.45, 2.75) is 31.7 Å². The van der Waals surface area contributed by atoms with Crippen molar-refractivity contribution >= 4 is 6.09 Å². The second-order valence-corrected chi connectivity index (χ2v) is 5.78. The standard InChI is InChI=1S/C18H17F2NO3/c19-14-5-3-11(4-6-14)12-1-2-13(17(20)7-12)10-23-15-8-16(9-15)24-18(21)22/h1-7,15-16H,8-10H2,(H2,21,22). The van der Waals surface area contributed by atoms with Gasteiger partial charge in [-0.1, -0.05) is 24.3 Å². The van der Waals surface area contributed by atoms with Crippen molar-refractivity contribution in [2.75, 3.05) is 0 Å². The smallest absolute Gasteiger partial charge is 0.404 e. The lowest BCUT2D eigenvalue weighted by molar-refractivity contribution is -0.0806. The predicted molar refractivity (Wildman–Crippen MR) is 84.1 cm³/mol. The van der Waals surface area contributed by atoms with Crippen LogP contribution in [0.1, 0.15) is 18.4 Å². The zero-order valence-corrected chi connectivity index (χ0v) is 12.9. The van der Waals surface area contributed by atoms with Crippen LogP contribution in [0, 0.1) is 11.6 Å². The molecule has 0 spiro atoms. The van der Waals surface area contributed by atoms with Crippen LogP contribution in [-0.4, -0.2) is 18.3 Å². The average Bonchev–Trinajstić information content (AvgIpc) is 2.51. The van der Waals surface area contributed by atoms with Gasteiger partial charge in [0.05, 0.1) is 12.7 Å². The number of carbonyl (C=O) groups excluding carboxylic acids is 1. The fourth-order valence-corrected chi connectivity index (χ4v) is 2.61. The molecule has 2 N–H and O–H groups in total. The van der Waals surface area contributed by atoms with Gasteiger partial charge in [-0.25, -0.2) is 13.6 Å². The number of nitrogens with two attached hydrogens (primary N) is 1. The monoisotopic (exact) mass is 333 g/mol. The highest BCUT2D eigenvalue weighted by Gasteiger charge is 2.32. The molecule has 0 bridgehead atoms. The summed E-state index contributed by atoms with van der Waals surface area (Å²) >= 11 is 0. The van der Waals surface area contributed by atoms with Crippen molar-refractivity contribution in [1.82, 2.24) is 0 Å². The zero-order chi connectivity index (χ0) is 17.1. The maximum Gasteiger partial charge on any atom is 0.404 e. The van der Waals surface area contributed by atoms with E-state index in [2.05, 4.69) is 0 Å². The Hall–Kier alpha value is -2.47. The molecule has 4 nitrogen and oxygen atoms in total. The molecule has 2 aromatic rings. The van der Waals surface area contributed by atoms with Crippen molar-refractivity contribution in [3.8, 4) is 11.1 Å². The Bertz CT molecular complexity index is 728. The van der Waals surface area contributed by atoms with Gasteiger partial charge < -0.3 is 15.2 Å². The number of carbonyl (C=O) groups is 1. The molecular formula is C18H17F2NO3. The van der Waals surface area contributed by atoms with Crippen LogP contribution in [0.4, 0.5) is 13.6 Å². The molecule has 1 aliphatic rings. The molecule has 1 amide bonds. The fraction of sp³-hybridized carbons (Fsp3) is 0.278. The normalized spacial score (nSPS) is 19.6. The van der Waals surface area contributed by atoms with Crippen molar-refractivity contribution in [3.63, 3.8) is 0 Å². The molecule has 3 rings (SSSR count). The molecule has 6 heteroatoms. The van der Waals surface area contributed by atoms with E-state index in [-0.39, 0.29) is 30.4 Å². The number of amides is 1. The lowest BCUT2D eigenvalue weighted by Crippen LogP contribution is -2.39. The van der Waals surface area contributed by atoms with Gasteiger partial charge >= 0.3 is 6.09 Å². The van der Waals surface area contributed by atoms with Gasteiger partial charge in [-0.15, -0.1) is 0 Å². The summed E-state index contributed by atoms with van der Waals surface area (Å²) in [5.74, 6) is -0.704. The Kier molecular flexibility index (Phi) is 4.76. The summed E-state index contributed by atoms with van der Waals surface area (Å²) in [5, 5.41) is 0. The number of benzene rings is 2. The van der Waals surface area contributed by atoms with E-state index in [9.17, 15) is 13.6 Å². The number of halogens is 2. The van der Waals surface area contributed by atoms with Crippen LogP contribution >= 0.6 is 0 Å². The van der Waals surface area contributed by atoms with Gasteiger partial charge in [-0.2, -0.15) is 0 Å². The molecule has 1 saturated carbocycles. The zero-order valence-electron chi connectivity index (χ0n) is 12.9. The summed E-state index contributed by atoms with van der Waals surface area (Å²) in [6.45, 7) is 0.142. The number of ether oxygens (including phenoxy) is 2. The molecule has 0 aromatic heterocycles. The van der Waals surface area contributed by atoms with Gasteiger partial charge in [-0.05, 0) is 29.3 Å². The van der Waals surface area contributed by atoms with Gasteiger partial charge in [0, 0.05) is 18.4 Å². The largest absolute Gasteiger partial charge is 0.446 e. The van der Waals surface area contributed by atoms with Crippen molar-refractivity contribution in [2.24, 2.45) is 5.73 Å². The Labute approximate surface area is 138 Å². The second kappa shape index (κ2) is 6.97. The Balaban J connectivity index is 1.56. The lowest BCUT2D eigenvalue weighted by Gasteiger charge is -2.33. The Morgan fingerprint density at radius 1 is 1.04 bits per heavy atom. The minimum Gasteiger partial charge on any atom is -0.446 e. The molecule has 2 aromatic carbocycles. The van der Waals surface area contributed by atoms with E-state index < -0.39 is 6.09 Å². The molecule has 0 atom stereocenters. The van der Waals surface area contributed by atoms with Crippen molar-refractivity contribution in [1.29, 1.82) is 0 Å². The van der Waals surface area contributed by atoms with Crippen LogP contribution in [0.5, 0.6) is 0 Å². The van der Waals surface area contributed by atoms with Crippen LogP contribution in [-0.2, 0) is 16.1 Å². The number of hydrogen-bond acceptors (Lipinski definition) is 3. The molecule has 1 aliphatic carbocycles. The Morgan fingerprint density at radius 2 is 1.71 bits per heavy atom.